The van der Waals surface area contributed by atoms with Crippen LogP contribution in [0.25, 0.3) is 28.1 Å². The number of aryl methyl sites for hydroxylation is 2. The zero-order chi connectivity index (χ0) is 22.5. The van der Waals surface area contributed by atoms with Crippen LogP contribution in [-0.2, 0) is 6.54 Å². The van der Waals surface area contributed by atoms with E-state index in [0.717, 1.165) is 22.4 Å². The predicted octanol–water partition coefficient (Wildman–Crippen LogP) is 4.76. The number of piperidine rings is 1. The minimum Gasteiger partial charge on any atom is -0.377 e. The van der Waals surface area contributed by atoms with Crippen molar-refractivity contribution >= 4 is 16.7 Å². The van der Waals surface area contributed by atoms with Crippen molar-refractivity contribution in [2.45, 2.75) is 33.2 Å². The number of fused-ring (bicyclic) bond motifs is 3. The van der Waals surface area contributed by atoms with Crippen molar-refractivity contribution in [3.63, 3.8) is 0 Å². The largest absolute Gasteiger partial charge is 0.377 e. The summed E-state index contributed by atoms with van der Waals surface area (Å²) in [6.07, 6.45) is 7.65. The molecule has 6 heterocycles. The highest BCUT2D eigenvalue weighted by atomic mass is 19.1. The highest BCUT2D eigenvalue weighted by Gasteiger charge is 2.28. The van der Waals surface area contributed by atoms with Crippen molar-refractivity contribution in [3.8, 4) is 11.4 Å². The molecule has 1 saturated heterocycles. The lowest BCUT2D eigenvalue weighted by Gasteiger charge is -2.39. The first-order valence-corrected chi connectivity index (χ1v) is 11.4. The van der Waals surface area contributed by atoms with E-state index in [1.165, 1.54) is 49.3 Å². The van der Waals surface area contributed by atoms with E-state index in [-0.39, 0.29) is 5.82 Å². The van der Waals surface area contributed by atoms with Gasteiger partial charge in [0.25, 0.3) is 0 Å². The number of imidazole rings is 1. The quantitative estimate of drug-likeness (QED) is 0.458. The zero-order valence-corrected chi connectivity index (χ0v) is 18.8. The van der Waals surface area contributed by atoms with E-state index in [4.69, 9.17) is 9.97 Å². The molecule has 4 aromatic rings. The molecule has 3 aliphatic rings. The Bertz CT molecular complexity index is 1400. The third-order valence-electron chi connectivity index (χ3n) is 6.74. The number of nitrogens with zero attached hydrogens (tertiary/aromatic N) is 6. The second-order valence-electron chi connectivity index (χ2n) is 9.04. The van der Waals surface area contributed by atoms with Crippen molar-refractivity contribution in [2.24, 2.45) is 5.92 Å². The molecule has 0 atom stereocenters. The topological polar surface area (TPSA) is 59.7 Å². The highest BCUT2D eigenvalue weighted by molar-refractivity contribution is 5.79. The molecule has 1 aromatic carbocycles. The molecule has 33 heavy (non-hydrogen) atoms. The molecule has 3 aliphatic heterocycles. The molecule has 0 spiro atoms. The van der Waals surface area contributed by atoms with Gasteiger partial charge in [0.2, 0.25) is 0 Å². The molecule has 0 unspecified atom stereocenters. The number of hydrogen-bond acceptors (Lipinski definition) is 5. The molecule has 0 N–H and O–H groups in total. The van der Waals surface area contributed by atoms with Gasteiger partial charge in [-0.25, -0.2) is 19.3 Å². The molecule has 6 nitrogen and oxygen atoms in total. The first-order valence-electron chi connectivity index (χ1n) is 11.4. The second kappa shape index (κ2) is 7.76. The third-order valence-corrected chi connectivity index (χ3v) is 6.74. The lowest BCUT2D eigenvalue weighted by Crippen LogP contribution is -2.35. The van der Waals surface area contributed by atoms with Crippen LogP contribution < -0.4 is 0 Å². The third kappa shape index (κ3) is 3.57. The first kappa shape index (κ1) is 20.0. The summed E-state index contributed by atoms with van der Waals surface area (Å²) in [7, 11) is 0. The molecule has 2 bridgehead atoms. The smallest absolute Gasteiger partial charge is 0.164 e. The van der Waals surface area contributed by atoms with Crippen molar-refractivity contribution in [2.75, 3.05) is 13.1 Å². The van der Waals surface area contributed by atoms with Gasteiger partial charge < -0.3 is 9.47 Å². The maximum atomic E-state index is 14.0. The lowest BCUT2D eigenvalue weighted by molar-refractivity contribution is 0.252. The van der Waals surface area contributed by atoms with Gasteiger partial charge in [-0.2, -0.15) is 0 Å². The summed E-state index contributed by atoms with van der Waals surface area (Å²) in [6.45, 7) is 6.72. The Kier molecular flexibility index (Phi) is 4.71. The van der Waals surface area contributed by atoms with Gasteiger partial charge in [0.15, 0.2) is 5.65 Å². The number of allylic oxidation sites excluding steroid dienone is 1. The Hall–Kier alpha value is -3.61. The van der Waals surface area contributed by atoms with Crippen LogP contribution in [0.15, 0.2) is 48.9 Å². The van der Waals surface area contributed by atoms with Crippen LogP contribution in [0.5, 0.6) is 0 Å². The van der Waals surface area contributed by atoms with Gasteiger partial charge in [-0.3, -0.25) is 4.98 Å². The Morgan fingerprint density at radius 2 is 1.85 bits per heavy atom. The van der Waals surface area contributed by atoms with Crippen molar-refractivity contribution in [1.82, 2.24) is 29.4 Å². The summed E-state index contributed by atoms with van der Waals surface area (Å²) in [4.78, 5) is 20.5. The summed E-state index contributed by atoms with van der Waals surface area (Å²) in [6, 6.07) is 10.2. The number of hydrogen-bond donors (Lipinski definition) is 0. The molecule has 0 aliphatic carbocycles. The van der Waals surface area contributed by atoms with Crippen molar-refractivity contribution in [1.29, 1.82) is 0 Å². The van der Waals surface area contributed by atoms with E-state index in [1.54, 1.807) is 6.20 Å². The van der Waals surface area contributed by atoms with Crippen LogP contribution >= 0.6 is 0 Å². The number of aromatic nitrogens is 5. The summed E-state index contributed by atoms with van der Waals surface area (Å²) < 4.78 is 16.1. The molecular formula is C26H25FN6. The standard InChI is InChI=1S/C26H25FN6/c1-16-24-26(30-17(2)29-16)33(25(31-24)21-11-22(27)13-28-12-21)14-18-4-3-5-20(10-18)23-15-32-8-6-19(23)7-9-32/h3-5,10-13,15,19H,6-9,14H2,1-2H3. The van der Waals surface area contributed by atoms with E-state index >= 15 is 0 Å². The summed E-state index contributed by atoms with van der Waals surface area (Å²) >= 11 is 0. The highest BCUT2D eigenvalue weighted by Crippen LogP contribution is 2.37. The molecule has 0 radical (unpaired) electrons. The Morgan fingerprint density at radius 1 is 1.00 bits per heavy atom. The van der Waals surface area contributed by atoms with Gasteiger partial charge in [0.1, 0.15) is 23.0 Å². The normalized spacial score (nSPS) is 16.0. The molecule has 3 aromatic heterocycles. The molecule has 0 saturated carbocycles. The fraction of sp³-hybridized carbons (Fsp3) is 0.308. The number of halogens is 1. The van der Waals surface area contributed by atoms with Gasteiger partial charge in [0, 0.05) is 31.0 Å². The van der Waals surface area contributed by atoms with Gasteiger partial charge >= 0.3 is 0 Å². The van der Waals surface area contributed by atoms with Gasteiger partial charge in [-0.1, -0.05) is 18.2 Å². The maximum absolute atomic E-state index is 14.0. The zero-order valence-electron chi connectivity index (χ0n) is 18.8. The van der Waals surface area contributed by atoms with Crippen molar-refractivity contribution in [3.05, 3.63) is 77.4 Å². The Balaban J connectivity index is 1.46. The van der Waals surface area contributed by atoms with Crippen LogP contribution in [-0.4, -0.2) is 42.5 Å². The molecule has 7 rings (SSSR count). The molecule has 1 fully saturated rings. The van der Waals surface area contributed by atoms with Gasteiger partial charge in [0.05, 0.1) is 18.4 Å². The van der Waals surface area contributed by atoms with E-state index in [0.29, 0.717) is 29.7 Å². The number of pyridine rings is 1. The van der Waals surface area contributed by atoms with Crippen LogP contribution in [0.3, 0.4) is 0 Å². The monoisotopic (exact) mass is 440 g/mol. The Morgan fingerprint density at radius 3 is 2.61 bits per heavy atom. The van der Waals surface area contributed by atoms with E-state index in [9.17, 15) is 4.39 Å². The SMILES string of the molecule is Cc1nc(C)c2nc(-c3cncc(F)c3)n(Cc3cccc(C4=CN5CCC4CC5)c3)c2n1. The summed E-state index contributed by atoms with van der Waals surface area (Å²) in [5.74, 6) is 1.59. The molecular weight excluding hydrogens is 415 g/mol. The molecule has 7 heteroatoms. The number of benzene rings is 1. The van der Waals surface area contributed by atoms with E-state index < -0.39 is 0 Å². The molecule has 0 amide bonds. The fourth-order valence-corrected chi connectivity index (χ4v) is 5.16. The van der Waals surface area contributed by atoms with Gasteiger partial charge in [-0.15, -0.1) is 0 Å². The van der Waals surface area contributed by atoms with Crippen LogP contribution in [0.2, 0.25) is 0 Å². The van der Waals surface area contributed by atoms with E-state index in [1.807, 2.05) is 13.8 Å². The van der Waals surface area contributed by atoms with Crippen LogP contribution in [0.4, 0.5) is 4.39 Å². The predicted molar refractivity (Wildman–Crippen MR) is 126 cm³/mol. The van der Waals surface area contributed by atoms with Gasteiger partial charge in [-0.05, 0) is 61.4 Å². The first-order chi connectivity index (χ1) is 16.0. The van der Waals surface area contributed by atoms with Crippen LogP contribution in [0.1, 0.15) is 35.5 Å². The van der Waals surface area contributed by atoms with Crippen LogP contribution in [0, 0.1) is 25.6 Å². The maximum Gasteiger partial charge on any atom is 0.164 e. The summed E-state index contributed by atoms with van der Waals surface area (Å²) in [5.41, 5.74) is 6.80. The number of rotatable bonds is 4. The Labute approximate surface area is 191 Å². The average Bonchev–Trinajstić information content (AvgIpc) is 3.18. The minimum atomic E-state index is -0.388. The van der Waals surface area contributed by atoms with Crippen molar-refractivity contribution < 1.29 is 4.39 Å². The summed E-state index contributed by atoms with van der Waals surface area (Å²) in [5, 5.41) is 0. The fourth-order valence-electron chi connectivity index (χ4n) is 5.16. The average molecular weight is 441 g/mol. The molecule has 166 valence electrons. The second-order valence-corrected chi connectivity index (χ2v) is 9.04. The minimum absolute atomic E-state index is 0.388. The van der Waals surface area contributed by atoms with E-state index in [2.05, 4.69) is 49.9 Å². The lowest BCUT2D eigenvalue weighted by atomic mass is 9.82.